The maximum absolute atomic E-state index is 12.7. The summed E-state index contributed by atoms with van der Waals surface area (Å²) in [4.78, 5) is 60.8. The second-order valence-corrected chi connectivity index (χ2v) is 9.56. The first-order chi connectivity index (χ1) is 17.4. The Balaban J connectivity index is 0.00000400. The van der Waals surface area contributed by atoms with E-state index in [-0.39, 0.29) is 6.15 Å². The molecule has 212 valence electrons. The molecule has 0 radical (unpaired) electrons. The first-order valence-corrected chi connectivity index (χ1v) is 12.2. The molecule has 2 aromatic heterocycles. The van der Waals surface area contributed by atoms with E-state index in [0.29, 0.717) is 0 Å². The highest BCUT2D eigenvalue weighted by atomic mass is 31.2. The summed E-state index contributed by atoms with van der Waals surface area (Å²) in [5.74, 6) is 0. The van der Waals surface area contributed by atoms with Crippen LogP contribution >= 0.6 is 7.82 Å². The molecule has 10 N–H and O–H groups in total. The highest BCUT2D eigenvalue weighted by Crippen LogP contribution is 2.49. The number of nitrogens with one attached hydrogen (secondary N) is 2. The lowest BCUT2D eigenvalue weighted by atomic mass is 10.1. The average molecular weight is 567 g/mol. The molecular weight excluding hydrogens is 541 g/mol. The van der Waals surface area contributed by atoms with Crippen molar-refractivity contribution in [3.8, 4) is 0 Å². The van der Waals surface area contributed by atoms with Crippen molar-refractivity contribution in [2.24, 2.45) is 0 Å². The van der Waals surface area contributed by atoms with Crippen LogP contribution < -0.4 is 28.6 Å². The van der Waals surface area contributed by atoms with Crippen molar-refractivity contribution in [2.45, 2.75) is 49.1 Å². The molecule has 38 heavy (non-hydrogen) atoms. The second kappa shape index (κ2) is 11.5. The van der Waals surface area contributed by atoms with Gasteiger partial charge < -0.3 is 40.9 Å². The number of aliphatic hydroxyl groups excluding tert-OH is 4. The van der Waals surface area contributed by atoms with E-state index in [1.807, 2.05) is 9.97 Å². The van der Waals surface area contributed by atoms with E-state index in [4.69, 9.17) is 18.5 Å². The largest absolute Gasteiger partial charge is 0.472 e. The van der Waals surface area contributed by atoms with Crippen LogP contribution in [0.25, 0.3) is 0 Å². The molecule has 0 aromatic carbocycles. The number of hydrogen-bond donors (Lipinski definition) is 8. The van der Waals surface area contributed by atoms with Crippen molar-refractivity contribution in [2.75, 3.05) is 13.2 Å². The number of phosphoric acid groups is 1. The predicted octanol–water partition coefficient (Wildman–Crippen LogP) is -4.38. The number of ether oxygens (including phenoxy) is 2. The number of phosphoric ester groups is 1. The van der Waals surface area contributed by atoms with E-state index in [2.05, 4.69) is 0 Å². The van der Waals surface area contributed by atoms with Crippen LogP contribution in [-0.2, 0) is 23.1 Å². The van der Waals surface area contributed by atoms with Gasteiger partial charge in [0, 0.05) is 24.5 Å². The lowest BCUT2D eigenvalue weighted by molar-refractivity contribution is -0.0652. The third-order valence-electron chi connectivity index (χ3n) is 5.74. The van der Waals surface area contributed by atoms with Gasteiger partial charge in [0.05, 0.1) is 13.2 Å². The zero-order chi connectivity index (χ0) is 27.1. The van der Waals surface area contributed by atoms with Gasteiger partial charge in [-0.2, -0.15) is 0 Å². The molecule has 0 aliphatic carbocycles. The van der Waals surface area contributed by atoms with Gasteiger partial charge in [0.1, 0.15) is 36.6 Å². The maximum atomic E-state index is 12.7. The summed E-state index contributed by atoms with van der Waals surface area (Å²) in [6.07, 6.45) is -10.7. The van der Waals surface area contributed by atoms with Gasteiger partial charge in [-0.15, -0.1) is 0 Å². The lowest BCUT2D eigenvalue weighted by Crippen LogP contribution is -2.39. The summed E-state index contributed by atoms with van der Waals surface area (Å²) in [6, 6.07) is 1.92. The van der Waals surface area contributed by atoms with Crippen LogP contribution in [0.3, 0.4) is 0 Å². The van der Waals surface area contributed by atoms with Crippen molar-refractivity contribution in [3.63, 3.8) is 0 Å². The van der Waals surface area contributed by atoms with E-state index in [9.17, 15) is 49.1 Å². The molecule has 9 atom stereocenters. The van der Waals surface area contributed by atoms with Gasteiger partial charge in [-0.3, -0.25) is 37.7 Å². The van der Waals surface area contributed by atoms with Gasteiger partial charge in [-0.25, -0.2) is 14.2 Å². The van der Waals surface area contributed by atoms with Gasteiger partial charge >= 0.3 is 19.2 Å². The fraction of sp³-hybridized carbons (Fsp3) is 0.556. The van der Waals surface area contributed by atoms with E-state index in [1.165, 1.54) is 0 Å². The van der Waals surface area contributed by atoms with E-state index in [1.54, 1.807) is 0 Å². The summed E-state index contributed by atoms with van der Waals surface area (Å²) in [5, 5.41) is 40.4. The minimum atomic E-state index is -5.10. The summed E-state index contributed by atoms with van der Waals surface area (Å²) in [7, 11) is -5.10. The smallest absolute Gasteiger partial charge is 0.394 e. The van der Waals surface area contributed by atoms with Crippen LogP contribution in [-0.4, -0.2) is 94.3 Å². The van der Waals surface area contributed by atoms with Crippen LogP contribution in [0, 0.1) is 0 Å². The second-order valence-electron chi connectivity index (χ2n) is 8.15. The number of aromatic nitrogens is 4. The molecule has 0 bridgehead atoms. The normalized spacial score (nSPS) is 32.6. The third kappa shape index (κ3) is 5.92. The van der Waals surface area contributed by atoms with Gasteiger partial charge in [0.25, 0.3) is 11.1 Å². The molecule has 0 saturated carbocycles. The Morgan fingerprint density at radius 3 is 1.92 bits per heavy atom. The Kier molecular flexibility index (Phi) is 9.01. The molecule has 2 aliphatic rings. The molecule has 2 aliphatic heterocycles. The van der Waals surface area contributed by atoms with Crippen molar-refractivity contribution in [3.05, 3.63) is 66.2 Å². The molecule has 2 aromatic rings. The number of rotatable bonds is 8. The van der Waals surface area contributed by atoms with Crippen LogP contribution in [0.15, 0.2) is 43.7 Å². The molecule has 0 spiro atoms. The quantitative estimate of drug-likeness (QED) is 0.140. The SMILES string of the molecule is N.O=c1ccn([C@@H]2O[C@H](COP(=O)(O)O[C@@H]3[C@H](O)[C@@H](CO)O[C@H]3n3ccc(=O)[nH]c3=O)[C@@H](O)[C@H]2O)c(=O)[nH]1. The van der Waals surface area contributed by atoms with Crippen molar-refractivity contribution in [1.82, 2.24) is 25.3 Å². The summed E-state index contributed by atoms with van der Waals surface area (Å²) in [6.45, 7) is -1.60. The molecule has 4 heterocycles. The fourth-order valence-corrected chi connectivity index (χ4v) is 4.84. The average Bonchev–Trinajstić information content (AvgIpc) is 3.28. The van der Waals surface area contributed by atoms with Crippen LogP contribution in [0.5, 0.6) is 0 Å². The molecular formula is C18H26N5O14P. The van der Waals surface area contributed by atoms with E-state index < -0.39 is 92.6 Å². The molecule has 2 saturated heterocycles. The van der Waals surface area contributed by atoms with Crippen molar-refractivity contribution >= 4 is 7.82 Å². The summed E-state index contributed by atoms with van der Waals surface area (Å²) in [5.41, 5.74) is -3.40. The van der Waals surface area contributed by atoms with Crippen molar-refractivity contribution in [1.29, 1.82) is 0 Å². The van der Waals surface area contributed by atoms with Crippen LogP contribution in [0.2, 0.25) is 0 Å². The van der Waals surface area contributed by atoms with Crippen molar-refractivity contribution < 1.29 is 48.4 Å². The Morgan fingerprint density at radius 1 is 0.868 bits per heavy atom. The zero-order valence-corrected chi connectivity index (χ0v) is 20.2. The zero-order valence-electron chi connectivity index (χ0n) is 19.3. The highest BCUT2D eigenvalue weighted by molar-refractivity contribution is 7.47. The monoisotopic (exact) mass is 567 g/mol. The van der Waals surface area contributed by atoms with E-state index >= 15 is 0 Å². The predicted molar refractivity (Wildman–Crippen MR) is 121 cm³/mol. The Hall–Kier alpha value is -2.81. The van der Waals surface area contributed by atoms with Gasteiger partial charge in [-0.05, 0) is 0 Å². The number of hydrogen-bond acceptors (Lipinski definition) is 14. The van der Waals surface area contributed by atoms with E-state index in [0.717, 1.165) is 33.7 Å². The first-order valence-electron chi connectivity index (χ1n) is 10.7. The molecule has 19 nitrogen and oxygen atoms in total. The maximum Gasteiger partial charge on any atom is 0.472 e. The lowest BCUT2D eigenvalue weighted by Gasteiger charge is -2.25. The number of aliphatic hydroxyl groups is 4. The van der Waals surface area contributed by atoms with Gasteiger partial charge in [-0.1, -0.05) is 0 Å². The fourth-order valence-electron chi connectivity index (χ4n) is 3.91. The number of nitrogens with zero attached hydrogens (tertiary/aromatic N) is 2. The van der Waals surface area contributed by atoms with Crippen LogP contribution in [0.1, 0.15) is 12.5 Å². The van der Waals surface area contributed by atoms with Gasteiger partial charge in [0.15, 0.2) is 12.5 Å². The molecule has 1 unspecified atom stereocenters. The van der Waals surface area contributed by atoms with Crippen LogP contribution in [0.4, 0.5) is 0 Å². The van der Waals surface area contributed by atoms with Gasteiger partial charge in [0.2, 0.25) is 0 Å². The molecule has 20 heteroatoms. The third-order valence-corrected chi connectivity index (χ3v) is 6.72. The Labute approximate surface area is 210 Å². The standard InChI is InChI=1S/C18H23N4O14P.H3N/c23-5-7-12(27)14(16(34-7)22-4-2-10(25)20-18(22)30)36-37(31,32)33-6-8-11(26)13(28)15(35-8)21-3-1-9(24)19-17(21)29;/h1-4,7-8,11-16,23,26-28H,5-6H2,(H,31,32)(H,19,24,29)(H,20,25,30);1H3/t7-,8-,11-,12-,13-,14-,15-,16-;/m1./s1. The minimum absolute atomic E-state index is 0. The molecule has 0 amide bonds. The summed E-state index contributed by atoms with van der Waals surface area (Å²) < 4.78 is 34.8. The Morgan fingerprint density at radius 2 is 1.39 bits per heavy atom. The topological polar surface area (TPSA) is 300 Å². The summed E-state index contributed by atoms with van der Waals surface area (Å²) >= 11 is 0. The number of aromatic amines is 2. The highest BCUT2D eigenvalue weighted by Gasteiger charge is 2.50. The Bertz CT molecular complexity index is 1400. The first kappa shape index (κ1) is 29.7. The molecule has 2 fully saturated rings. The number of H-pyrrole nitrogens is 2. The minimum Gasteiger partial charge on any atom is -0.394 e. The molecule has 4 rings (SSSR count).